The van der Waals surface area contributed by atoms with Gasteiger partial charge in [0.05, 0.1) is 11.4 Å². The molecule has 5 nitrogen and oxygen atoms in total. The number of anilines is 2. The van der Waals surface area contributed by atoms with E-state index in [-0.39, 0.29) is 6.79 Å². The van der Waals surface area contributed by atoms with Crippen LogP contribution in [0.2, 0.25) is 0 Å². The Labute approximate surface area is 162 Å². The van der Waals surface area contributed by atoms with Crippen molar-refractivity contribution < 1.29 is 9.47 Å². The Hall–Kier alpha value is -3.86. The van der Waals surface area contributed by atoms with Crippen LogP contribution in [0.4, 0.5) is 22.7 Å². The minimum Gasteiger partial charge on any atom is -0.455 e. The third-order valence-electron chi connectivity index (χ3n) is 4.61. The van der Waals surface area contributed by atoms with E-state index in [1.165, 1.54) is 0 Å². The first-order valence-electron chi connectivity index (χ1n) is 9.03. The summed E-state index contributed by atoms with van der Waals surface area (Å²) in [6.45, 7) is 0.0792. The van der Waals surface area contributed by atoms with Crippen molar-refractivity contribution in [3.05, 3.63) is 84.9 Å². The third kappa shape index (κ3) is 3.03. The number of nitrogens with zero attached hydrogens (tertiary/aromatic N) is 2. The lowest BCUT2D eigenvalue weighted by molar-refractivity contribution is 0.121. The van der Waals surface area contributed by atoms with Gasteiger partial charge in [-0.05, 0) is 35.7 Å². The lowest BCUT2D eigenvalue weighted by Crippen LogP contribution is -2.07. The molecular formula is C23H17N3O2. The lowest BCUT2D eigenvalue weighted by atomic mass is 10.1. The number of ether oxygens (including phenoxy) is 2. The van der Waals surface area contributed by atoms with Crippen LogP contribution in [0.3, 0.4) is 0 Å². The molecule has 0 unspecified atom stereocenters. The SMILES string of the molecule is c1ccc2c(c1)N=Nc1c(ccc3ccccc13)Nc1ccccc1OCO2. The fourth-order valence-corrected chi connectivity index (χ4v) is 3.23. The third-order valence-corrected chi connectivity index (χ3v) is 4.61. The molecule has 0 aliphatic carbocycles. The zero-order chi connectivity index (χ0) is 18.8. The fourth-order valence-electron chi connectivity index (χ4n) is 3.23. The van der Waals surface area contributed by atoms with Crippen LogP contribution in [0, 0.1) is 0 Å². The summed E-state index contributed by atoms with van der Waals surface area (Å²) in [4.78, 5) is 0. The highest BCUT2D eigenvalue weighted by molar-refractivity contribution is 5.99. The van der Waals surface area contributed by atoms with Crippen molar-refractivity contribution in [1.82, 2.24) is 0 Å². The van der Waals surface area contributed by atoms with Crippen LogP contribution in [-0.2, 0) is 0 Å². The zero-order valence-corrected chi connectivity index (χ0v) is 15.0. The van der Waals surface area contributed by atoms with Crippen LogP contribution >= 0.6 is 0 Å². The maximum absolute atomic E-state index is 5.86. The van der Waals surface area contributed by atoms with E-state index in [0.717, 1.165) is 27.8 Å². The summed E-state index contributed by atoms with van der Waals surface area (Å²) in [5.41, 5.74) is 3.12. The Morgan fingerprint density at radius 1 is 0.643 bits per heavy atom. The number of hydrogen-bond acceptors (Lipinski definition) is 5. The number of nitrogens with one attached hydrogen (secondary N) is 1. The maximum atomic E-state index is 5.86. The molecule has 0 atom stereocenters. The highest BCUT2D eigenvalue weighted by atomic mass is 16.7. The summed E-state index contributed by atoms with van der Waals surface area (Å²) in [5, 5.41) is 14.6. The van der Waals surface area contributed by atoms with Crippen molar-refractivity contribution in [2.24, 2.45) is 10.2 Å². The van der Waals surface area contributed by atoms with Crippen LogP contribution in [0.15, 0.2) is 95.2 Å². The number of fused-ring (bicyclic) bond motifs is 5. The van der Waals surface area contributed by atoms with Crippen LogP contribution in [0.25, 0.3) is 10.8 Å². The van der Waals surface area contributed by atoms with E-state index in [2.05, 4.69) is 27.7 Å². The quantitative estimate of drug-likeness (QED) is 0.375. The summed E-state index contributed by atoms with van der Waals surface area (Å²) >= 11 is 0. The molecule has 28 heavy (non-hydrogen) atoms. The summed E-state index contributed by atoms with van der Waals surface area (Å²) in [6, 6.07) is 27.5. The summed E-state index contributed by atoms with van der Waals surface area (Å²) < 4.78 is 11.7. The summed E-state index contributed by atoms with van der Waals surface area (Å²) in [6.07, 6.45) is 0. The Morgan fingerprint density at radius 2 is 1.39 bits per heavy atom. The number of rotatable bonds is 0. The van der Waals surface area contributed by atoms with Gasteiger partial charge in [0, 0.05) is 5.39 Å². The standard InChI is InChI=1S/C23H17N3O2/c1-2-8-17-16(7-1)13-14-20-23(17)26-25-19-10-4-6-12-22(19)28-15-27-21-11-5-3-9-18(21)24-20/h1-14,24H,15H2. The van der Waals surface area contributed by atoms with Gasteiger partial charge in [0.2, 0.25) is 6.79 Å². The van der Waals surface area contributed by atoms with Crippen molar-refractivity contribution in [3.63, 3.8) is 0 Å². The molecule has 136 valence electrons. The Kier molecular flexibility index (Phi) is 4.10. The average molecular weight is 367 g/mol. The van der Waals surface area contributed by atoms with Crippen LogP contribution in [0.5, 0.6) is 11.5 Å². The molecule has 0 amide bonds. The second-order valence-corrected chi connectivity index (χ2v) is 6.38. The van der Waals surface area contributed by atoms with Crippen LogP contribution < -0.4 is 14.8 Å². The van der Waals surface area contributed by atoms with E-state index in [1.807, 2.05) is 72.8 Å². The molecule has 1 aliphatic rings. The minimum atomic E-state index is 0.0792. The molecule has 4 aromatic rings. The predicted molar refractivity (Wildman–Crippen MR) is 110 cm³/mol. The second-order valence-electron chi connectivity index (χ2n) is 6.38. The Bertz CT molecular complexity index is 1190. The molecule has 1 aliphatic heterocycles. The van der Waals surface area contributed by atoms with Crippen LogP contribution in [-0.4, -0.2) is 6.79 Å². The van der Waals surface area contributed by atoms with Gasteiger partial charge in [-0.2, -0.15) is 0 Å². The van der Waals surface area contributed by atoms with E-state index in [9.17, 15) is 0 Å². The molecule has 0 aromatic heterocycles. The predicted octanol–water partition coefficient (Wildman–Crippen LogP) is 6.73. The largest absolute Gasteiger partial charge is 0.455 e. The fraction of sp³-hybridized carbons (Fsp3) is 0.0435. The van der Waals surface area contributed by atoms with Crippen molar-refractivity contribution in [1.29, 1.82) is 0 Å². The first-order valence-corrected chi connectivity index (χ1v) is 9.03. The number of hydrogen-bond donors (Lipinski definition) is 1. The topological polar surface area (TPSA) is 55.2 Å². The van der Waals surface area contributed by atoms with Gasteiger partial charge < -0.3 is 14.8 Å². The Balaban J connectivity index is 1.73. The van der Waals surface area contributed by atoms with Crippen molar-refractivity contribution in [3.8, 4) is 11.5 Å². The van der Waals surface area contributed by atoms with E-state index in [1.54, 1.807) is 0 Å². The van der Waals surface area contributed by atoms with Crippen molar-refractivity contribution >= 4 is 33.5 Å². The molecule has 1 heterocycles. The monoisotopic (exact) mass is 367 g/mol. The number of azo groups is 1. The number of benzene rings is 4. The molecule has 0 saturated carbocycles. The van der Waals surface area contributed by atoms with Crippen molar-refractivity contribution in [2.45, 2.75) is 0 Å². The van der Waals surface area contributed by atoms with Gasteiger partial charge in [-0.25, -0.2) is 0 Å². The van der Waals surface area contributed by atoms with Crippen molar-refractivity contribution in [2.75, 3.05) is 12.1 Å². The molecule has 0 radical (unpaired) electrons. The molecule has 5 heteroatoms. The van der Waals surface area contributed by atoms with Gasteiger partial charge in [0.25, 0.3) is 0 Å². The zero-order valence-electron chi connectivity index (χ0n) is 15.0. The van der Waals surface area contributed by atoms with Gasteiger partial charge >= 0.3 is 0 Å². The van der Waals surface area contributed by atoms with Gasteiger partial charge in [-0.3, -0.25) is 0 Å². The van der Waals surface area contributed by atoms with E-state index >= 15 is 0 Å². The molecule has 4 aromatic carbocycles. The highest BCUT2D eigenvalue weighted by Gasteiger charge is 2.12. The highest BCUT2D eigenvalue weighted by Crippen LogP contribution is 2.40. The van der Waals surface area contributed by atoms with Gasteiger partial charge in [-0.1, -0.05) is 54.6 Å². The average Bonchev–Trinajstić information content (AvgIpc) is 2.74. The smallest absolute Gasteiger partial charge is 0.231 e. The molecule has 0 saturated heterocycles. The molecule has 0 fully saturated rings. The first kappa shape index (κ1) is 16.3. The molecular weight excluding hydrogens is 350 g/mol. The lowest BCUT2D eigenvalue weighted by Gasteiger charge is -2.17. The van der Waals surface area contributed by atoms with Gasteiger partial charge in [0.15, 0.2) is 5.75 Å². The maximum Gasteiger partial charge on any atom is 0.231 e. The van der Waals surface area contributed by atoms with Gasteiger partial charge in [0.1, 0.15) is 17.1 Å². The Morgan fingerprint density at radius 3 is 2.36 bits per heavy atom. The second kappa shape index (κ2) is 7.04. The summed E-state index contributed by atoms with van der Waals surface area (Å²) in [5.74, 6) is 1.33. The van der Waals surface area contributed by atoms with E-state index in [0.29, 0.717) is 17.2 Å². The van der Waals surface area contributed by atoms with E-state index < -0.39 is 0 Å². The molecule has 1 N–H and O–H groups in total. The summed E-state index contributed by atoms with van der Waals surface area (Å²) in [7, 11) is 0. The first-order chi connectivity index (χ1) is 13.9. The molecule has 0 spiro atoms. The van der Waals surface area contributed by atoms with Gasteiger partial charge in [-0.15, -0.1) is 10.2 Å². The molecule has 0 bridgehead atoms. The normalized spacial score (nSPS) is 12.9. The minimum absolute atomic E-state index is 0.0792. The number of para-hydroxylation sites is 3. The van der Waals surface area contributed by atoms with Crippen LogP contribution in [0.1, 0.15) is 0 Å². The molecule has 5 rings (SSSR count). The van der Waals surface area contributed by atoms with E-state index in [4.69, 9.17) is 9.47 Å².